The van der Waals surface area contributed by atoms with Gasteiger partial charge in [-0.05, 0) is 24.3 Å². The number of fused-ring (bicyclic) bond motifs is 1. The van der Waals surface area contributed by atoms with Gasteiger partial charge in [0, 0.05) is 49.5 Å². The van der Waals surface area contributed by atoms with Crippen molar-refractivity contribution in [3.8, 4) is 11.3 Å². The van der Waals surface area contributed by atoms with Gasteiger partial charge in [-0.15, -0.1) is 0 Å². The van der Waals surface area contributed by atoms with Crippen molar-refractivity contribution in [2.75, 3.05) is 24.6 Å². The Morgan fingerprint density at radius 1 is 1.25 bits per heavy atom. The van der Waals surface area contributed by atoms with E-state index in [0.29, 0.717) is 42.1 Å². The Bertz CT molecular complexity index is 1380. The third-order valence-corrected chi connectivity index (χ3v) is 5.80. The smallest absolute Gasteiger partial charge is 0.261 e. The molecule has 0 saturated carbocycles. The number of anilines is 1. The molecule has 0 spiro atoms. The summed E-state index contributed by atoms with van der Waals surface area (Å²) in [6.45, 7) is 1.58. The van der Waals surface area contributed by atoms with Gasteiger partial charge in [-0.1, -0.05) is 11.6 Å². The second kappa shape index (κ2) is 7.99. The van der Waals surface area contributed by atoms with Crippen molar-refractivity contribution >= 4 is 28.3 Å². The maximum atomic E-state index is 14.8. The molecule has 10 heteroatoms. The van der Waals surface area contributed by atoms with E-state index in [0.717, 1.165) is 5.56 Å². The molecular weight excluding hydrogens is 435 g/mol. The minimum atomic E-state index is -0.527. The number of hydrogen-bond donors (Lipinski definition) is 0. The standard InChI is InChI=1S/C22H20ClFN6O2/c1-28-12-25-20-16(22(28)31)8-19(27-21(20)15-4-3-14(23)7-17(15)24)30-5-6-32-18(11-30)13-9-26-29(2)10-13/h3-4,7-10,12,18H,5-6,11H2,1-2H3/t18-/m1/s1. The largest absolute Gasteiger partial charge is 0.370 e. The van der Waals surface area contributed by atoms with Crippen LogP contribution in [0.15, 0.2) is 47.8 Å². The highest BCUT2D eigenvalue weighted by Gasteiger charge is 2.26. The van der Waals surface area contributed by atoms with E-state index in [1.165, 1.54) is 17.0 Å². The van der Waals surface area contributed by atoms with Crippen LogP contribution in [0, 0.1) is 5.82 Å². The predicted octanol–water partition coefficient (Wildman–Crippen LogP) is 3.10. The van der Waals surface area contributed by atoms with E-state index in [-0.39, 0.29) is 22.2 Å². The van der Waals surface area contributed by atoms with Gasteiger partial charge in [0.05, 0.1) is 24.5 Å². The SMILES string of the molecule is Cn1cc([C@H]2CN(c3cc4c(=O)n(C)cnc4c(-c4ccc(Cl)cc4F)n3)CCO2)cn1. The summed E-state index contributed by atoms with van der Waals surface area (Å²) in [6.07, 6.45) is 4.91. The predicted molar refractivity (Wildman–Crippen MR) is 119 cm³/mol. The van der Waals surface area contributed by atoms with E-state index >= 15 is 0 Å². The maximum Gasteiger partial charge on any atom is 0.261 e. The zero-order chi connectivity index (χ0) is 22.4. The number of benzene rings is 1. The van der Waals surface area contributed by atoms with E-state index in [4.69, 9.17) is 21.3 Å². The number of morpholine rings is 1. The molecule has 1 saturated heterocycles. The molecule has 0 N–H and O–H groups in total. The first-order valence-corrected chi connectivity index (χ1v) is 10.5. The second-order valence-electron chi connectivity index (χ2n) is 7.76. The highest BCUT2D eigenvalue weighted by atomic mass is 35.5. The van der Waals surface area contributed by atoms with Crippen LogP contribution in [0.5, 0.6) is 0 Å². The first kappa shape index (κ1) is 20.6. The van der Waals surface area contributed by atoms with Gasteiger partial charge < -0.3 is 14.2 Å². The van der Waals surface area contributed by atoms with Gasteiger partial charge in [0.1, 0.15) is 28.9 Å². The number of ether oxygens (including phenoxy) is 1. The summed E-state index contributed by atoms with van der Waals surface area (Å²) in [5, 5.41) is 4.87. The number of nitrogens with zero attached hydrogens (tertiary/aromatic N) is 6. The van der Waals surface area contributed by atoms with Gasteiger partial charge in [-0.3, -0.25) is 9.48 Å². The third kappa shape index (κ3) is 3.63. The molecule has 0 unspecified atom stereocenters. The number of hydrogen-bond acceptors (Lipinski definition) is 6. The van der Waals surface area contributed by atoms with Gasteiger partial charge in [0.15, 0.2) is 0 Å². The molecule has 4 aromatic rings. The van der Waals surface area contributed by atoms with Crippen molar-refractivity contribution < 1.29 is 9.13 Å². The minimum absolute atomic E-state index is 0.192. The van der Waals surface area contributed by atoms with Gasteiger partial charge in [-0.2, -0.15) is 5.10 Å². The Kier molecular flexibility index (Phi) is 5.15. The number of rotatable bonds is 3. The van der Waals surface area contributed by atoms with Crippen LogP contribution in [0.2, 0.25) is 5.02 Å². The van der Waals surface area contributed by atoms with Crippen molar-refractivity contribution in [2.24, 2.45) is 14.1 Å². The van der Waals surface area contributed by atoms with Crippen molar-refractivity contribution in [3.05, 3.63) is 69.7 Å². The summed E-state index contributed by atoms with van der Waals surface area (Å²) in [7, 11) is 3.48. The molecule has 1 aromatic carbocycles. The lowest BCUT2D eigenvalue weighted by molar-refractivity contribution is 0.0395. The van der Waals surface area contributed by atoms with Crippen molar-refractivity contribution in [3.63, 3.8) is 0 Å². The van der Waals surface area contributed by atoms with E-state index in [2.05, 4.69) is 10.1 Å². The Hall–Kier alpha value is -3.30. The first-order valence-electron chi connectivity index (χ1n) is 10.1. The molecule has 0 bridgehead atoms. The zero-order valence-electron chi connectivity index (χ0n) is 17.5. The minimum Gasteiger partial charge on any atom is -0.370 e. The van der Waals surface area contributed by atoms with Crippen molar-refractivity contribution in [1.29, 1.82) is 0 Å². The summed E-state index contributed by atoms with van der Waals surface area (Å²) in [6, 6.07) is 6.09. The molecule has 0 radical (unpaired) electrons. The summed E-state index contributed by atoms with van der Waals surface area (Å²) < 4.78 is 23.9. The maximum absolute atomic E-state index is 14.8. The van der Waals surface area contributed by atoms with E-state index in [1.807, 2.05) is 18.1 Å². The third-order valence-electron chi connectivity index (χ3n) is 5.56. The molecule has 1 aliphatic heterocycles. The number of aromatic nitrogens is 5. The van der Waals surface area contributed by atoms with Gasteiger partial charge in [-0.25, -0.2) is 14.4 Å². The molecule has 1 fully saturated rings. The monoisotopic (exact) mass is 454 g/mol. The normalized spacial score (nSPS) is 16.6. The van der Waals surface area contributed by atoms with Crippen LogP contribution in [0.25, 0.3) is 22.2 Å². The number of aryl methyl sites for hydroxylation is 2. The molecule has 4 heterocycles. The van der Waals surface area contributed by atoms with Crippen molar-refractivity contribution in [2.45, 2.75) is 6.10 Å². The Labute approximate surface area is 187 Å². The Morgan fingerprint density at radius 3 is 2.84 bits per heavy atom. The molecule has 164 valence electrons. The summed E-state index contributed by atoms with van der Waals surface area (Å²) >= 11 is 5.94. The summed E-state index contributed by atoms with van der Waals surface area (Å²) in [5.74, 6) is 0.0327. The van der Waals surface area contributed by atoms with Crippen LogP contribution < -0.4 is 10.5 Å². The summed E-state index contributed by atoms with van der Waals surface area (Å²) in [4.78, 5) is 24.1. The molecule has 0 aliphatic carbocycles. The van der Waals surface area contributed by atoms with Crippen LogP contribution in [0.1, 0.15) is 11.7 Å². The van der Waals surface area contributed by atoms with Gasteiger partial charge in [0.25, 0.3) is 5.56 Å². The molecule has 5 rings (SSSR count). The quantitative estimate of drug-likeness (QED) is 0.473. The fraction of sp³-hybridized carbons (Fsp3) is 0.273. The highest BCUT2D eigenvalue weighted by molar-refractivity contribution is 6.30. The summed E-state index contributed by atoms with van der Waals surface area (Å²) in [5.41, 5.74) is 1.61. The van der Waals surface area contributed by atoms with E-state index in [9.17, 15) is 9.18 Å². The average Bonchev–Trinajstić information content (AvgIpc) is 3.22. The van der Waals surface area contributed by atoms with E-state index < -0.39 is 5.82 Å². The van der Waals surface area contributed by atoms with Crippen LogP contribution in [0.4, 0.5) is 10.2 Å². The zero-order valence-corrected chi connectivity index (χ0v) is 18.3. The second-order valence-corrected chi connectivity index (χ2v) is 8.20. The van der Waals surface area contributed by atoms with Gasteiger partial charge in [0.2, 0.25) is 0 Å². The lowest BCUT2D eigenvalue weighted by Gasteiger charge is -2.33. The van der Waals surface area contributed by atoms with Crippen LogP contribution in [-0.4, -0.2) is 44.0 Å². The lowest BCUT2D eigenvalue weighted by Crippen LogP contribution is -2.39. The fourth-order valence-electron chi connectivity index (χ4n) is 3.90. The van der Waals surface area contributed by atoms with Crippen LogP contribution in [-0.2, 0) is 18.8 Å². The average molecular weight is 455 g/mol. The van der Waals surface area contributed by atoms with Crippen molar-refractivity contribution in [1.82, 2.24) is 24.3 Å². The topological polar surface area (TPSA) is 78.1 Å². The molecule has 32 heavy (non-hydrogen) atoms. The Balaban J connectivity index is 1.65. The molecule has 0 amide bonds. The fourth-order valence-corrected chi connectivity index (χ4v) is 4.06. The highest BCUT2D eigenvalue weighted by Crippen LogP contribution is 2.32. The molecule has 1 aliphatic rings. The van der Waals surface area contributed by atoms with Crippen LogP contribution >= 0.6 is 11.6 Å². The van der Waals surface area contributed by atoms with Crippen LogP contribution in [0.3, 0.4) is 0 Å². The molecule has 3 aromatic heterocycles. The lowest BCUT2D eigenvalue weighted by atomic mass is 10.1. The Morgan fingerprint density at radius 2 is 2.09 bits per heavy atom. The number of halogens is 2. The number of pyridine rings is 1. The van der Waals surface area contributed by atoms with E-state index in [1.54, 1.807) is 36.1 Å². The molecule has 8 nitrogen and oxygen atoms in total. The molecule has 1 atom stereocenters. The molecular formula is C22H20ClFN6O2. The van der Waals surface area contributed by atoms with Gasteiger partial charge >= 0.3 is 0 Å². The first-order chi connectivity index (χ1) is 15.4.